The fraction of sp³-hybridized carbons (Fsp3) is 0.579. The second kappa shape index (κ2) is 6.34. The van der Waals surface area contributed by atoms with E-state index >= 15 is 0 Å². The average molecular weight is 315 g/mol. The lowest BCUT2D eigenvalue weighted by atomic mass is 9.78. The van der Waals surface area contributed by atoms with E-state index in [1.807, 2.05) is 37.3 Å². The molecule has 2 fully saturated rings. The Labute approximate surface area is 137 Å². The molecular formula is C19H25NO3. The van der Waals surface area contributed by atoms with E-state index in [9.17, 15) is 14.7 Å². The summed E-state index contributed by atoms with van der Waals surface area (Å²) >= 11 is 0. The van der Waals surface area contributed by atoms with E-state index < -0.39 is 11.4 Å². The Morgan fingerprint density at radius 1 is 1.17 bits per heavy atom. The van der Waals surface area contributed by atoms with Gasteiger partial charge in [0.15, 0.2) is 0 Å². The molecule has 0 aromatic heterocycles. The molecule has 2 aliphatic rings. The molecule has 0 spiro atoms. The zero-order chi connectivity index (χ0) is 16.4. The highest BCUT2D eigenvalue weighted by Crippen LogP contribution is 2.49. The van der Waals surface area contributed by atoms with Crippen LogP contribution in [0.15, 0.2) is 30.3 Å². The summed E-state index contributed by atoms with van der Waals surface area (Å²) in [6, 6.07) is 9.25. The predicted molar refractivity (Wildman–Crippen MR) is 88.0 cm³/mol. The Hall–Kier alpha value is -1.84. The number of carbonyl (C=O) groups excluding carboxylic acids is 1. The van der Waals surface area contributed by atoms with Gasteiger partial charge in [-0.05, 0) is 49.5 Å². The molecule has 124 valence electrons. The summed E-state index contributed by atoms with van der Waals surface area (Å²) in [5.74, 6) is 0.347. The lowest BCUT2D eigenvalue weighted by Gasteiger charge is -2.30. The number of carboxylic acid groups (broad SMARTS) is 1. The van der Waals surface area contributed by atoms with Crippen LogP contribution in [0.25, 0.3) is 0 Å². The molecule has 0 saturated heterocycles. The van der Waals surface area contributed by atoms with Crippen LogP contribution < -0.4 is 5.32 Å². The maximum absolute atomic E-state index is 12.6. The maximum atomic E-state index is 12.6. The van der Waals surface area contributed by atoms with E-state index in [0.717, 1.165) is 31.2 Å². The van der Waals surface area contributed by atoms with Crippen LogP contribution in [0.1, 0.15) is 44.6 Å². The normalized spacial score (nSPS) is 20.1. The Kier molecular flexibility index (Phi) is 4.42. The average Bonchev–Trinajstić information content (AvgIpc) is 3.44. The van der Waals surface area contributed by atoms with Crippen molar-refractivity contribution >= 4 is 11.9 Å². The van der Waals surface area contributed by atoms with Gasteiger partial charge in [-0.1, -0.05) is 37.3 Å². The highest BCUT2D eigenvalue weighted by molar-refractivity contribution is 5.84. The van der Waals surface area contributed by atoms with Gasteiger partial charge in [-0.3, -0.25) is 9.59 Å². The second-order valence-electron chi connectivity index (χ2n) is 7.03. The summed E-state index contributed by atoms with van der Waals surface area (Å²) in [7, 11) is 0. The molecule has 1 aromatic carbocycles. The smallest absolute Gasteiger partial charge is 0.315 e. The molecular weight excluding hydrogens is 290 g/mol. The molecule has 1 amide bonds. The predicted octanol–water partition coefficient (Wildman–Crippen LogP) is 2.97. The molecule has 4 heteroatoms. The van der Waals surface area contributed by atoms with Crippen LogP contribution in [0.5, 0.6) is 0 Å². The van der Waals surface area contributed by atoms with Crippen LogP contribution >= 0.6 is 0 Å². The molecule has 0 aliphatic heterocycles. The van der Waals surface area contributed by atoms with Crippen molar-refractivity contribution < 1.29 is 14.7 Å². The SMILES string of the molecule is CCC(CNC(=O)C(C1CC1)C1CC1)(C(=O)O)c1ccccc1. The molecule has 2 N–H and O–H groups in total. The molecule has 0 heterocycles. The van der Waals surface area contributed by atoms with Crippen molar-refractivity contribution in [3.63, 3.8) is 0 Å². The van der Waals surface area contributed by atoms with Crippen LogP contribution in [-0.4, -0.2) is 23.5 Å². The molecule has 23 heavy (non-hydrogen) atoms. The first-order valence-corrected chi connectivity index (χ1v) is 8.65. The van der Waals surface area contributed by atoms with Gasteiger partial charge in [0.2, 0.25) is 5.91 Å². The number of hydrogen-bond acceptors (Lipinski definition) is 2. The van der Waals surface area contributed by atoms with Gasteiger partial charge < -0.3 is 10.4 Å². The molecule has 3 rings (SSSR count). The van der Waals surface area contributed by atoms with E-state index in [2.05, 4.69) is 5.32 Å². The monoisotopic (exact) mass is 315 g/mol. The number of amides is 1. The van der Waals surface area contributed by atoms with Crippen molar-refractivity contribution in [3.05, 3.63) is 35.9 Å². The van der Waals surface area contributed by atoms with Gasteiger partial charge in [-0.2, -0.15) is 0 Å². The molecule has 1 unspecified atom stereocenters. The van der Waals surface area contributed by atoms with E-state index in [1.54, 1.807) is 0 Å². The number of carbonyl (C=O) groups is 2. The number of carboxylic acids is 1. The number of aliphatic carboxylic acids is 1. The first-order chi connectivity index (χ1) is 11.1. The fourth-order valence-corrected chi connectivity index (χ4v) is 3.62. The van der Waals surface area contributed by atoms with Gasteiger partial charge in [-0.25, -0.2) is 0 Å². The molecule has 0 bridgehead atoms. The minimum atomic E-state index is -1.05. The molecule has 2 saturated carbocycles. The summed E-state index contributed by atoms with van der Waals surface area (Å²) < 4.78 is 0. The van der Waals surface area contributed by atoms with Gasteiger partial charge in [0.05, 0.1) is 0 Å². The fourth-order valence-electron chi connectivity index (χ4n) is 3.62. The van der Waals surface area contributed by atoms with Crippen LogP contribution in [0, 0.1) is 17.8 Å². The number of hydrogen-bond donors (Lipinski definition) is 2. The number of benzene rings is 1. The molecule has 1 aromatic rings. The lowest BCUT2D eigenvalue weighted by Crippen LogP contribution is -2.48. The van der Waals surface area contributed by atoms with E-state index in [0.29, 0.717) is 18.3 Å². The van der Waals surface area contributed by atoms with Crippen LogP contribution in [0.3, 0.4) is 0 Å². The van der Waals surface area contributed by atoms with Crippen molar-refractivity contribution in [1.29, 1.82) is 0 Å². The third kappa shape index (κ3) is 3.26. The first-order valence-electron chi connectivity index (χ1n) is 8.65. The van der Waals surface area contributed by atoms with Gasteiger partial charge in [0.1, 0.15) is 5.41 Å². The minimum absolute atomic E-state index is 0.0602. The van der Waals surface area contributed by atoms with Crippen LogP contribution in [-0.2, 0) is 15.0 Å². The van der Waals surface area contributed by atoms with Crippen molar-refractivity contribution in [2.45, 2.75) is 44.4 Å². The van der Waals surface area contributed by atoms with Gasteiger partial charge in [0.25, 0.3) is 0 Å². The number of nitrogens with one attached hydrogen (secondary N) is 1. The quantitative estimate of drug-likeness (QED) is 0.775. The zero-order valence-corrected chi connectivity index (χ0v) is 13.6. The summed E-state index contributed by atoms with van der Waals surface area (Å²) in [5.41, 5.74) is -0.293. The van der Waals surface area contributed by atoms with Gasteiger partial charge in [0, 0.05) is 12.5 Å². The van der Waals surface area contributed by atoms with Crippen molar-refractivity contribution in [3.8, 4) is 0 Å². The third-order valence-electron chi connectivity index (χ3n) is 5.47. The molecule has 4 nitrogen and oxygen atoms in total. The Morgan fingerprint density at radius 2 is 1.74 bits per heavy atom. The summed E-state index contributed by atoms with van der Waals surface area (Å²) in [5, 5.41) is 12.8. The zero-order valence-electron chi connectivity index (χ0n) is 13.6. The summed E-state index contributed by atoms with van der Waals surface area (Å²) in [6.07, 6.45) is 5.02. The molecule has 0 radical (unpaired) electrons. The number of rotatable bonds is 8. The van der Waals surface area contributed by atoms with Gasteiger partial charge >= 0.3 is 5.97 Å². The highest BCUT2D eigenvalue weighted by Gasteiger charge is 2.46. The first kappa shape index (κ1) is 16.0. The summed E-state index contributed by atoms with van der Waals surface area (Å²) in [4.78, 5) is 24.6. The van der Waals surface area contributed by atoms with Crippen molar-refractivity contribution in [2.75, 3.05) is 6.54 Å². The molecule has 2 aliphatic carbocycles. The van der Waals surface area contributed by atoms with Crippen LogP contribution in [0.4, 0.5) is 0 Å². The van der Waals surface area contributed by atoms with E-state index in [-0.39, 0.29) is 18.4 Å². The topological polar surface area (TPSA) is 66.4 Å². The van der Waals surface area contributed by atoms with Gasteiger partial charge in [-0.15, -0.1) is 0 Å². The van der Waals surface area contributed by atoms with E-state index in [1.165, 1.54) is 0 Å². The summed E-state index contributed by atoms with van der Waals surface area (Å²) in [6.45, 7) is 2.03. The Morgan fingerprint density at radius 3 is 2.17 bits per heavy atom. The Balaban J connectivity index is 1.74. The standard InChI is InChI=1S/C19H25NO3/c1-2-19(18(22)23,15-6-4-3-5-7-15)12-20-17(21)16(13-8-9-13)14-10-11-14/h3-7,13-14,16H,2,8-12H2,1H3,(H,20,21)(H,22,23). The minimum Gasteiger partial charge on any atom is -0.481 e. The largest absolute Gasteiger partial charge is 0.481 e. The van der Waals surface area contributed by atoms with Crippen molar-refractivity contribution in [1.82, 2.24) is 5.32 Å². The van der Waals surface area contributed by atoms with Crippen LogP contribution in [0.2, 0.25) is 0 Å². The molecule has 1 atom stereocenters. The third-order valence-corrected chi connectivity index (χ3v) is 5.47. The van der Waals surface area contributed by atoms with E-state index in [4.69, 9.17) is 0 Å². The maximum Gasteiger partial charge on any atom is 0.315 e. The second-order valence-corrected chi connectivity index (χ2v) is 7.03. The van der Waals surface area contributed by atoms with Crippen molar-refractivity contribution in [2.24, 2.45) is 17.8 Å². The Bertz CT molecular complexity index is 566. The lowest BCUT2D eigenvalue weighted by molar-refractivity contribution is -0.144. The highest BCUT2D eigenvalue weighted by atomic mass is 16.4.